The summed E-state index contributed by atoms with van der Waals surface area (Å²) in [6.07, 6.45) is 3.32. The van der Waals surface area contributed by atoms with Crippen molar-refractivity contribution in [2.75, 3.05) is 25.4 Å². The van der Waals surface area contributed by atoms with E-state index >= 15 is 0 Å². The van der Waals surface area contributed by atoms with E-state index in [-0.39, 0.29) is 66.1 Å². The number of benzene rings is 1. The van der Waals surface area contributed by atoms with Gasteiger partial charge in [0.2, 0.25) is 11.8 Å². The topological polar surface area (TPSA) is 104 Å². The SMILES string of the molecule is O=C(NCCN1C(=O)CSC1=O)C1CCCCC1CN1C(=O)c2ccccc2C1=O. The predicted molar refractivity (Wildman–Crippen MR) is 110 cm³/mol. The Morgan fingerprint density at radius 3 is 2.30 bits per heavy atom. The molecule has 0 bridgehead atoms. The fraction of sp³-hybridized carbons (Fsp3) is 0.476. The summed E-state index contributed by atoms with van der Waals surface area (Å²) in [6.45, 7) is 0.587. The average Bonchev–Trinajstić information content (AvgIpc) is 3.20. The highest BCUT2D eigenvalue weighted by Gasteiger charge is 2.40. The van der Waals surface area contributed by atoms with E-state index in [1.54, 1.807) is 24.3 Å². The molecule has 2 heterocycles. The van der Waals surface area contributed by atoms with Gasteiger partial charge in [-0.25, -0.2) is 0 Å². The number of amides is 5. The van der Waals surface area contributed by atoms with Crippen LogP contribution in [0.1, 0.15) is 46.4 Å². The Morgan fingerprint density at radius 1 is 1.00 bits per heavy atom. The minimum absolute atomic E-state index is 0.105. The minimum atomic E-state index is -0.303. The van der Waals surface area contributed by atoms with E-state index in [9.17, 15) is 24.0 Å². The highest BCUT2D eigenvalue weighted by atomic mass is 32.2. The van der Waals surface area contributed by atoms with Crippen LogP contribution in [0.25, 0.3) is 0 Å². The number of carbonyl (C=O) groups is 5. The zero-order valence-electron chi connectivity index (χ0n) is 16.5. The first-order valence-electron chi connectivity index (χ1n) is 10.2. The molecule has 5 amide bonds. The van der Waals surface area contributed by atoms with E-state index in [0.717, 1.165) is 35.9 Å². The first-order chi connectivity index (χ1) is 14.5. The average molecular weight is 429 g/mol. The molecule has 158 valence electrons. The molecule has 8 nitrogen and oxygen atoms in total. The third-order valence-corrected chi connectivity index (χ3v) is 6.87. The third kappa shape index (κ3) is 3.86. The van der Waals surface area contributed by atoms with Gasteiger partial charge in [0.25, 0.3) is 17.1 Å². The van der Waals surface area contributed by atoms with Crippen molar-refractivity contribution < 1.29 is 24.0 Å². The maximum atomic E-state index is 12.8. The van der Waals surface area contributed by atoms with E-state index in [1.165, 1.54) is 4.90 Å². The maximum absolute atomic E-state index is 12.8. The van der Waals surface area contributed by atoms with Crippen LogP contribution in [0.5, 0.6) is 0 Å². The highest BCUT2D eigenvalue weighted by Crippen LogP contribution is 2.33. The van der Waals surface area contributed by atoms with Crippen molar-refractivity contribution in [1.82, 2.24) is 15.1 Å². The Hall–Kier alpha value is -2.68. The lowest BCUT2D eigenvalue weighted by Crippen LogP contribution is -2.45. The van der Waals surface area contributed by atoms with Crippen molar-refractivity contribution in [3.8, 4) is 0 Å². The van der Waals surface area contributed by atoms with Gasteiger partial charge in [-0.1, -0.05) is 36.7 Å². The number of fused-ring (bicyclic) bond motifs is 1. The zero-order valence-corrected chi connectivity index (χ0v) is 17.3. The molecule has 30 heavy (non-hydrogen) atoms. The molecule has 2 fully saturated rings. The molecule has 2 unspecified atom stereocenters. The molecule has 3 aliphatic rings. The van der Waals surface area contributed by atoms with Crippen LogP contribution >= 0.6 is 11.8 Å². The van der Waals surface area contributed by atoms with Gasteiger partial charge in [-0.2, -0.15) is 0 Å². The number of imide groups is 2. The number of hydrogen-bond acceptors (Lipinski definition) is 6. The number of carbonyl (C=O) groups excluding carboxylic acids is 5. The molecule has 0 spiro atoms. The molecule has 1 saturated carbocycles. The normalized spacial score (nSPS) is 23.9. The summed E-state index contributed by atoms with van der Waals surface area (Å²) in [4.78, 5) is 63.9. The van der Waals surface area contributed by atoms with Crippen LogP contribution in [0.15, 0.2) is 24.3 Å². The van der Waals surface area contributed by atoms with Gasteiger partial charge < -0.3 is 5.32 Å². The number of nitrogens with zero attached hydrogens (tertiary/aromatic N) is 2. The van der Waals surface area contributed by atoms with E-state index in [2.05, 4.69) is 5.32 Å². The van der Waals surface area contributed by atoms with Crippen molar-refractivity contribution in [2.45, 2.75) is 25.7 Å². The van der Waals surface area contributed by atoms with Crippen LogP contribution in [-0.4, -0.2) is 64.1 Å². The molecule has 1 aliphatic carbocycles. The van der Waals surface area contributed by atoms with Crippen molar-refractivity contribution in [3.63, 3.8) is 0 Å². The molecule has 2 atom stereocenters. The van der Waals surface area contributed by atoms with Gasteiger partial charge in [0.1, 0.15) is 0 Å². The Bertz CT molecular complexity index is 867. The molecule has 1 aromatic rings. The molecule has 2 aliphatic heterocycles. The van der Waals surface area contributed by atoms with Gasteiger partial charge >= 0.3 is 0 Å². The Kier molecular flexibility index (Phi) is 5.90. The Morgan fingerprint density at radius 2 is 1.67 bits per heavy atom. The summed E-state index contributed by atoms with van der Waals surface area (Å²) in [5.41, 5.74) is 0.828. The van der Waals surface area contributed by atoms with Gasteiger partial charge in [-0.05, 0) is 30.9 Å². The number of hydrogen-bond donors (Lipinski definition) is 1. The van der Waals surface area contributed by atoms with Crippen LogP contribution in [0, 0.1) is 11.8 Å². The molecular weight excluding hydrogens is 406 g/mol. The van der Waals surface area contributed by atoms with Crippen LogP contribution < -0.4 is 5.32 Å². The molecular formula is C21H23N3O5S. The monoisotopic (exact) mass is 429 g/mol. The number of thioether (sulfide) groups is 1. The standard InChI is InChI=1S/C21H23N3O5S/c25-17-12-30-21(29)23(17)10-9-22-18(26)14-6-2-1-5-13(14)11-24-19(27)15-7-3-4-8-16(15)20(24)28/h3-4,7-8,13-14H,1-2,5-6,9-12H2,(H,22,26). The van der Waals surface area contributed by atoms with Crippen LogP contribution in [-0.2, 0) is 9.59 Å². The van der Waals surface area contributed by atoms with Crippen LogP contribution in [0.2, 0.25) is 0 Å². The second-order valence-corrected chi connectivity index (χ2v) is 8.74. The highest BCUT2D eigenvalue weighted by molar-refractivity contribution is 8.14. The van der Waals surface area contributed by atoms with E-state index in [0.29, 0.717) is 17.5 Å². The van der Waals surface area contributed by atoms with Crippen molar-refractivity contribution in [2.24, 2.45) is 11.8 Å². The molecule has 1 N–H and O–H groups in total. The largest absolute Gasteiger partial charge is 0.354 e. The van der Waals surface area contributed by atoms with Gasteiger partial charge in [0, 0.05) is 25.6 Å². The van der Waals surface area contributed by atoms with Gasteiger partial charge in [-0.3, -0.25) is 33.8 Å². The third-order valence-electron chi connectivity index (χ3n) is 6.02. The summed E-state index contributed by atoms with van der Waals surface area (Å²) in [6, 6.07) is 6.77. The van der Waals surface area contributed by atoms with Gasteiger partial charge in [-0.15, -0.1) is 0 Å². The van der Waals surface area contributed by atoms with Crippen LogP contribution in [0.4, 0.5) is 4.79 Å². The first kappa shape index (κ1) is 20.6. The fourth-order valence-electron chi connectivity index (χ4n) is 4.43. The summed E-state index contributed by atoms with van der Waals surface area (Å²) in [5, 5.41) is 2.55. The molecule has 0 aromatic heterocycles. The molecule has 1 aromatic carbocycles. The zero-order chi connectivity index (χ0) is 21.3. The molecule has 4 rings (SSSR count). The minimum Gasteiger partial charge on any atom is -0.354 e. The second kappa shape index (κ2) is 8.59. The van der Waals surface area contributed by atoms with Gasteiger partial charge in [0.15, 0.2) is 0 Å². The lowest BCUT2D eigenvalue weighted by Gasteiger charge is -2.33. The summed E-state index contributed by atoms with van der Waals surface area (Å²) in [5.74, 6) is -1.25. The van der Waals surface area contributed by atoms with E-state index in [4.69, 9.17) is 0 Å². The Labute approximate surface area is 178 Å². The molecule has 1 saturated heterocycles. The maximum Gasteiger partial charge on any atom is 0.288 e. The van der Waals surface area contributed by atoms with Crippen molar-refractivity contribution in [3.05, 3.63) is 35.4 Å². The van der Waals surface area contributed by atoms with Crippen molar-refractivity contribution >= 4 is 40.6 Å². The molecule has 9 heteroatoms. The van der Waals surface area contributed by atoms with Crippen molar-refractivity contribution in [1.29, 1.82) is 0 Å². The number of nitrogens with one attached hydrogen (secondary N) is 1. The van der Waals surface area contributed by atoms with Gasteiger partial charge in [0.05, 0.1) is 16.9 Å². The van der Waals surface area contributed by atoms with E-state index < -0.39 is 0 Å². The lowest BCUT2D eigenvalue weighted by molar-refractivity contribution is -0.129. The summed E-state index contributed by atoms with van der Waals surface area (Å²) >= 11 is 0.969. The predicted octanol–water partition coefficient (Wildman–Crippen LogP) is 1.90. The van der Waals surface area contributed by atoms with E-state index in [1.807, 2.05) is 0 Å². The Balaban J connectivity index is 1.37. The molecule has 0 radical (unpaired) electrons. The smallest absolute Gasteiger partial charge is 0.288 e. The second-order valence-electron chi connectivity index (χ2n) is 7.81. The summed E-state index contributed by atoms with van der Waals surface area (Å²) < 4.78 is 0. The fourth-order valence-corrected chi connectivity index (χ4v) is 5.18. The number of rotatable bonds is 6. The quantitative estimate of drug-likeness (QED) is 0.693. The van der Waals surface area contributed by atoms with Crippen LogP contribution in [0.3, 0.4) is 0 Å². The summed E-state index contributed by atoms with van der Waals surface area (Å²) in [7, 11) is 0. The first-order valence-corrected chi connectivity index (χ1v) is 11.2. The lowest BCUT2D eigenvalue weighted by atomic mass is 9.78.